The molecular formula is C34H22O2S. The summed E-state index contributed by atoms with van der Waals surface area (Å²) in [5.41, 5.74) is 9.50. The molecule has 2 radical (unpaired) electrons. The van der Waals surface area contributed by atoms with Crippen molar-refractivity contribution in [3.8, 4) is 11.8 Å². The highest BCUT2D eigenvalue weighted by Crippen LogP contribution is 2.38. The van der Waals surface area contributed by atoms with E-state index in [1.165, 1.54) is 5.75 Å². The number of fused-ring (bicyclic) bond motifs is 1. The van der Waals surface area contributed by atoms with E-state index in [-0.39, 0.29) is 0 Å². The predicted molar refractivity (Wildman–Crippen MR) is 151 cm³/mol. The van der Waals surface area contributed by atoms with Gasteiger partial charge in [-0.15, -0.1) is 5.73 Å². The molecule has 0 N–H and O–H groups in total. The molecular weight excluding hydrogens is 472 g/mol. The van der Waals surface area contributed by atoms with Crippen LogP contribution in [0.5, 0.6) is 0 Å². The number of allylic oxidation sites excluding steroid dienone is 1. The Labute approximate surface area is 218 Å². The van der Waals surface area contributed by atoms with Crippen LogP contribution in [0, 0.1) is 23.7 Å². The largest absolute Gasteiger partial charge is 0.223 e. The lowest BCUT2D eigenvalue weighted by atomic mass is 10.0. The molecule has 1 aliphatic carbocycles. The second kappa shape index (κ2) is 11.0. The highest BCUT2D eigenvalue weighted by atomic mass is 32.2. The Kier molecular flexibility index (Phi) is 7.15. The maximum Gasteiger partial charge on any atom is 0.187 e. The van der Waals surface area contributed by atoms with Crippen molar-refractivity contribution in [2.75, 3.05) is 0 Å². The average molecular weight is 495 g/mol. The quantitative estimate of drug-likeness (QED) is 0.219. The molecule has 4 aromatic rings. The van der Waals surface area contributed by atoms with Gasteiger partial charge in [-0.25, -0.2) is 8.42 Å². The van der Waals surface area contributed by atoms with Crippen molar-refractivity contribution in [1.82, 2.24) is 0 Å². The molecule has 0 bridgehead atoms. The molecule has 0 aliphatic heterocycles. The number of hydrogen-bond donors (Lipinski definition) is 0. The topological polar surface area (TPSA) is 34.1 Å². The van der Waals surface area contributed by atoms with E-state index in [1.54, 1.807) is 6.08 Å². The third-order valence-electron chi connectivity index (χ3n) is 5.71. The lowest BCUT2D eigenvalue weighted by molar-refractivity contribution is 0.610. The lowest BCUT2D eigenvalue weighted by Crippen LogP contribution is -1.98. The summed E-state index contributed by atoms with van der Waals surface area (Å²) >= 11 is 0. The van der Waals surface area contributed by atoms with E-state index in [4.69, 9.17) is 0 Å². The van der Waals surface area contributed by atoms with Crippen LogP contribution < -0.4 is 0 Å². The lowest BCUT2D eigenvalue weighted by Gasteiger charge is -2.06. The molecule has 4 aromatic carbocycles. The summed E-state index contributed by atoms with van der Waals surface area (Å²) in [7, 11) is -3.70. The second-order valence-corrected chi connectivity index (χ2v) is 10.0. The second-order valence-electron chi connectivity index (χ2n) is 8.39. The molecule has 0 saturated carbocycles. The fourth-order valence-corrected chi connectivity index (χ4v) is 4.84. The Morgan fingerprint density at radius 2 is 1.30 bits per heavy atom. The monoisotopic (exact) mass is 494 g/mol. The number of benzene rings is 4. The summed E-state index contributed by atoms with van der Waals surface area (Å²) in [5.74, 6) is 7.58. The molecule has 37 heavy (non-hydrogen) atoms. The van der Waals surface area contributed by atoms with Crippen molar-refractivity contribution >= 4 is 27.6 Å². The van der Waals surface area contributed by atoms with Crippen LogP contribution in [-0.2, 0) is 9.84 Å². The SMILES string of the molecule is O=S(=O)([CH]C1=Cc2ccccc2C1=[C]c1ccccc1)C=C=Cc1ccccc1C#Cc1ccccc1. The highest BCUT2D eigenvalue weighted by molar-refractivity contribution is 7.96. The maximum atomic E-state index is 13.0. The molecule has 2 nitrogen and oxygen atoms in total. The molecule has 3 heteroatoms. The summed E-state index contributed by atoms with van der Waals surface area (Å²) in [6.07, 6.45) is 6.91. The van der Waals surface area contributed by atoms with Crippen LogP contribution in [0.2, 0.25) is 0 Å². The van der Waals surface area contributed by atoms with Crippen LogP contribution in [-0.4, -0.2) is 8.42 Å². The zero-order valence-corrected chi connectivity index (χ0v) is 20.7. The standard InChI is InChI=1S/C34H22O2S/c35-37(36,23-11-19-29-16-7-8-17-30(29)22-21-27-12-3-1-4-13-27)26-32-25-31-18-9-10-20-33(31)34(32)24-28-14-5-2-6-15-28/h1-10,12-20,23,25-26H. The predicted octanol–water partition coefficient (Wildman–Crippen LogP) is 7.12. The molecule has 0 saturated heterocycles. The Morgan fingerprint density at radius 3 is 2.08 bits per heavy atom. The minimum absolute atomic E-state index is 0.595. The van der Waals surface area contributed by atoms with Gasteiger partial charge < -0.3 is 0 Å². The zero-order chi connectivity index (χ0) is 25.5. The first kappa shape index (κ1) is 24.1. The van der Waals surface area contributed by atoms with E-state index in [0.29, 0.717) is 5.57 Å². The number of sulfone groups is 1. The first-order valence-electron chi connectivity index (χ1n) is 11.8. The molecule has 176 valence electrons. The maximum absolute atomic E-state index is 13.0. The molecule has 0 unspecified atom stereocenters. The molecule has 0 aromatic heterocycles. The van der Waals surface area contributed by atoms with E-state index in [0.717, 1.165) is 44.4 Å². The van der Waals surface area contributed by atoms with Gasteiger partial charge in [-0.2, -0.15) is 0 Å². The fraction of sp³-hybridized carbons (Fsp3) is 0. The molecule has 0 heterocycles. The smallest absolute Gasteiger partial charge is 0.187 e. The summed E-state index contributed by atoms with van der Waals surface area (Å²) in [5, 5.41) is 1.10. The van der Waals surface area contributed by atoms with Gasteiger partial charge in [-0.3, -0.25) is 0 Å². The van der Waals surface area contributed by atoms with E-state index < -0.39 is 9.84 Å². The third-order valence-corrected chi connectivity index (χ3v) is 6.76. The van der Waals surface area contributed by atoms with Gasteiger partial charge in [0.05, 0.1) is 5.41 Å². The first-order chi connectivity index (χ1) is 18.1. The van der Waals surface area contributed by atoms with E-state index in [2.05, 4.69) is 23.6 Å². The van der Waals surface area contributed by atoms with Crippen LogP contribution in [0.3, 0.4) is 0 Å². The van der Waals surface area contributed by atoms with E-state index in [9.17, 15) is 8.42 Å². The van der Waals surface area contributed by atoms with Gasteiger partial charge in [0.25, 0.3) is 0 Å². The van der Waals surface area contributed by atoms with Gasteiger partial charge in [0.1, 0.15) is 5.75 Å². The Morgan fingerprint density at radius 1 is 0.649 bits per heavy atom. The van der Waals surface area contributed by atoms with Gasteiger partial charge in [0.15, 0.2) is 9.84 Å². The Hall–Kier alpha value is -4.61. The van der Waals surface area contributed by atoms with Crippen LogP contribution in [0.15, 0.2) is 126 Å². The van der Waals surface area contributed by atoms with Crippen LogP contribution in [0.1, 0.15) is 33.4 Å². The highest BCUT2D eigenvalue weighted by Gasteiger charge is 2.23. The minimum Gasteiger partial charge on any atom is -0.223 e. The van der Waals surface area contributed by atoms with Crippen molar-refractivity contribution in [2.24, 2.45) is 0 Å². The Balaban J connectivity index is 1.40. The summed E-state index contributed by atoms with van der Waals surface area (Å²) < 4.78 is 26.0. The molecule has 5 rings (SSSR count). The molecule has 0 amide bonds. The molecule has 0 fully saturated rings. The van der Waals surface area contributed by atoms with Gasteiger partial charge >= 0.3 is 0 Å². The van der Waals surface area contributed by atoms with E-state index in [1.807, 2.05) is 115 Å². The Bertz CT molecular complexity index is 1720. The van der Waals surface area contributed by atoms with Gasteiger partial charge in [0, 0.05) is 11.1 Å². The summed E-state index contributed by atoms with van der Waals surface area (Å²) in [4.78, 5) is 0. The zero-order valence-electron chi connectivity index (χ0n) is 19.9. The number of rotatable bonds is 5. The van der Waals surface area contributed by atoms with Crippen LogP contribution in [0.25, 0.3) is 17.7 Å². The van der Waals surface area contributed by atoms with Crippen molar-refractivity contribution in [3.05, 3.63) is 171 Å². The fourth-order valence-electron chi connectivity index (χ4n) is 3.97. The van der Waals surface area contributed by atoms with Crippen LogP contribution >= 0.6 is 0 Å². The van der Waals surface area contributed by atoms with Gasteiger partial charge in [-0.1, -0.05) is 103 Å². The molecule has 0 spiro atoms. The van der Waals surface area contributed by atoms with E-state index >= 15 is 0 Å². The van der Waals surface area contributed by atoms with Crippen molar-refractivity contribution in [3.63, 3.8) is 0 Å². The van der Waals surface area contributed by atoms with Gasteiger partial charge in [-0.05, 0) is 69.8 Å². The van der Waals surface area contributed by atoms with Gasteiger partial charge in [0.2, 0.25) is 0 Å². The van der Waals surface area contributed by atoms with Crippen LogP contribution in [0.4, 0.5) is 0 Å². The summed E-state index contributed by atoms with van der Waals surface area (Å²) in [6.45, 7) is 0. The minimum atomic E-state index is -3.70. The normalized spacial score (nSPS) is 13.1. The molecule has 1 aliphatic rings. The van der Waals surface area contributed by atoms with Crippen molar-refractivity contribution < 1.29 is 8.42 Å². The summed E-state index contributed by atoms with van der Waals surface area (Å²) in [6, 6.07) is 34.8. The first-order valence-corrected chi connectivity index (χ1v) is 13.4. The average Bonchev–Trinajstić information content (AvgIpc) is 3.25. The van der Waals surface area contributed by atoms with Crippen molar-refractivity contribution in [2.45, 2.75) is 0 Å². The van der Waals surface area contributed by atoms with Crippen molar-refractivity contribution in [1.29, 1.82) is 0 Å². The molecule has 0 atom stereocenters. The number of hydrogen-bond acceptors (Lipinski definition) is 2. The third kappa shape index (κ3) is 6.15.